The Bertz CT molecular complexity index is 438. The minimum absolute atomic E-state index is 0.00238. The Balaban J connectivity index is 3.35. The average molecular weight is 282 g/mol. The van der Waals surface area contributed by atoms with Crippen LogP contribution < -0.4 is 10.5 Å². The molecule has 18 heavy (non-hydrogen) atoms. The van der Waals surface area contributed by atoms with Gasteiger partial charge in [0.05, 0.1) is 17.7 Å². The molecule has 0 bridgehead atoms. The summed E-state index contributed by atoms with van der Waals surface area (Å²) in [4.78, 5) is 0. The summed E-state index contributed by atoms with van der Waals surface area (Å²) in [6, 6.07) is 2.17. The first-order valence-electron chi connectivity index (χ1n) is 5.27. The van der Waals surface area contributed by atoms with Crippen LogP contribution in [0, 0.1) is 0 Å². The van der Waals surface area contributed by atoms with Crippen molar-refractivity contribution in [3.8, 4) is 5.75 Å². The summed E-state index contributed by atoms with van der Waals surface area (Å²) < 4.78 is 43.6. The zero-order valence-electron chi connectivity index (χ0n) is 10.4. The fourth-order valence-electron chi connectivity index (χ4n) is 1.65. The van der Waals surface area contributed by atoms with Crippen LogP contribution in [-0.4, -0.2) is 12.6 Å². The molecule has 0 aliphatic heterocycles. The second-order valence-electron chi connectivity index (χ2n) is 4.81. The molecule has 2 nitrogen and oxygen atoms in total. The SMILES string of the molecule is COc1cc(C(F)(F)F)c(CC(C)(C)N)cc1Cl. The molecule has 1 aromatic rings. The first kappa shape index (κ1) is 15.1. The van der Waals surface area contributed by atoms with Crippen molar-refractivity contribution in [2.24, 2.45) is 5.73 Å². The average Bonchev–Trinajstić information content (AvgIpc) is 2.13. The molecule has 0 atom stereocenters. The van der Waals surface area contributed by atoms with Crippen molar-refractivity contribution in [2.75, 3.05) is 7.11 Å². The van der Waals surface area contributed by atoms with E-state index >= 15 is 0 Å². The van der Waals surface area contributed by atoms with Gasteiger partial charge in [-0.2, -0.15) is 13.2 Å². The zero-order valence-corrected chi connectivity index (χ0v) is 11.1. The van der Waals surface area contributed by atoms with Crippen LogP contribution in [0.1, 0.15) is 25.0 Å². The van der Waals surface area contributed by atoms with E-state index in [2.05, 4.69) is 0 Å². The third-order valence-corrected chi connectivity index (χ3v) is 2.62. The van der Waals surface area contributed by atoms with Gasteiger partial charge < -0.3 is 10.5 Å². The number of halogens is 4. The van der Waals surface area contributed by atoms with Crippen molar-refractivity contribution < 1.29 is 17.9 Å². The summed E-state index contributed by atoms with van der Waals surface area (Å²) in [5.41, 5.74) is 4.31. The van der Waals surface area contributed by atoms with Gasteiger partial charge in [0.2, 0.25) is 0 Å². The van der Waals surface area contributed by atoms with E-state index in [0.717, 1.165) is 6.07 Å². The summed E-state index contributed by atoms with van der Waals surface area (Å²) >= 11 is 5.85. The number of rotatable bonds is 3. The molecular weight excluding hydrogens is 267 g/mol. The van der Waals surface area contributed by atoms with Crippen LogP contribution in [0.3, 0.4) is 0 Å². The van der Waals surface area contributed by atoms with Gasteiger partial charge in [-0.25, -0.2) is 0 Å². The normalized spacial score (nSPS) is 12.7. The van der Waals surface area contributed by atoms with E-state index in [1.54, 1.807) is 13.8 Å². The van der Waals surface area contributed by atoms with Crippen LogP contribution in [0.2, 0.25) is 5.02 Å². The standard InChI is InChI=1S/C12H15ClF3NO/c1-11(2,17)6-7-4-9(13)10(18-3)5-8(7)12(14,15)16/h4-5H,6,17H2,1-3H3. The van der Waals surface area contributed by atoms with Crippen LogP contribution in [0.25, 0.3) is 0 Å². The lowest BCUT2D eigenvalue weighted by atomic mass is 9.92. The van der Waals surface area contributed by atoms with E-state index < -0.39 is 17.3 Å². The Kier molecular flexibility index (Phi) is 4.18. The van der Waals surface area contributed by atoms with Gasteiger partial charge in [0.15, 0.2) is 0 Å². The van der Waals surface area contributed by atoms with Gasteiger partial charge in [0, 0.05) is 5.54 Å². The summed E-state index contributed by atoms with van der Waals surface area (Å²) in [5.74, 6) is 0.00238. The summed E-state index contributed by atoms with van der Waals surface area (Å²) in [6.45, 7) is 3.32. The maximum absolute atomic E-state index is 12.9. The maximum Gasteiger partial charge on any atom is 0.416 e. The van der Waals surface area contributed by atoms with Crippen molar-refractivity contribution in [2.45, 2.75) is 32.0 Å². The quantitative estimate of drug-likeness (QED) is 0.918. The molecule has 0 spiro atoms. The zero-order chi connectivity index (χ0) is 14.1. The van der Waals surface area contributed by atoms with E-state index in [1.165, 1.54) is 13.2 Å². The highest BCUT2D eigenvalue weighted by atomic mass is 35.5. The largest absolute Gasteiger partial charge is 0.495 e. The van der Waals surface area contributed by atoms with Gasteiger partial charge >= 0.3 is 6.18 Å². The molecule has 0 fully saturated rings. The molecule has 102 valence electrons. The fraction of sp³-hybridized carbons (Fsp3) is 0.500. The highest BCUT2D eigenvalue weighted by molar-refractivity contribution is 6.32. The molecule has 0 aromatic heterocycles. The van der Waals surface area contributed by atoms with Crippen LogP contribution in [0.4, 0.5) is 13.2 Å². The number of hydrogen-bond acceptors (Lipinski definition) is 2. The molecule has 0 saturated heterocycles. The third-order valence-electron chi connectivity index (χ3n) is 2.33. The Hall–Kier alpha value is -0.940. The Morgan fingerprint density at radius 1 is 1.28 bits per heavy atom. The molecule has 0 amide bonds. The van der Waals surface area contributed by atoms with Crippen LogP contribution >= 0.6 is 11.6 Å². The van der Waals surface area contributed by atoms with Gasteiger partial charge in [0.1, 0.15) is 5.75 Å². The molecule has 0 aliphatic carbocycles. The number of methoxy groups -OCH3 is 1. The van der Waals surface area contributed by atoms with Gasteiger partial charge in [-0.1, -0.05) is 11.6 Å². The lowest BCUT2D eigenvalue weighted by Crippen LogP contribution is -2.35. The number of nitrogens with two attached hydrogens (primary N) is 1. The number of ether oxygens (including phenoxy) is 1. The van der Waals surface area contributed by atoms with E-state index in [4.69, 9.17) is 22.1 Å². The van der Waals surface area contributed by atoms with Gasteiger partial charge in [-0.3, -0.25) is 0 Å². The fourth-order valence-corrected chi connectivity index (χ4v) is 1.92. The Morgan fingerprint density at radius 3 is 2.22 bits per heavy atom. The van der Waals surface area contributed by atoms with Crippen LogP contribution in [-0.2, 0) is 12.6 Å². The summed E-state index contributed by atoms with van der Waals surface area (Å²) in [6.07, 6.45) is -4.38. The van der Waals surface area contributed by atoms with Crippen LogP contribution in [0.5, 0.6) is 5.75 Å². The molecular formula is C12H15ClF3NO. The molecule has 6 heteroatoms. The third kappa shape index (κ3) is 3.78. The van der Waals surface area contributed by atoms with Gasteiger partial charge in [0.25, 0.3) is 0 Å². The summed E-state index contributed by atoms with van der Waals surface area (Å²) in [5, 5.41) is 0.143. The Morgan fingerprint density at radius 2 is 1.83 bits per heavy atom. The Labute approximate surface area is 109 Å². The lowest BCUT2D eigenvalue weighted by molar-refractivity contribution is -0.138. The maximum atomic E-state index is 12.9. The van der Waals surface area contributed by atoms with Crippen molar-refractivity contribution in [1.82, 2.24) is 0 Å². The van der Waals surface area contributed by atoms with Crippen molar-refractivity contribution in [1.29, 1.82) is 0 Å². The molecule has 1 rings (SSSR count). The summed E-state index contributed by atoms with van der Waals surface area (Å²) in [7, 11) is 1.27. The molecule has 0 radical (unpaired) electrons. The van der Waals surface area contributed by atoms with E-state index in [0.29, 0.717) is 0 Å². The number of benzene rings is 1. The highest BCUT2D eigenvalue weighted by Gasteiger charge is 2.35. The van der Waals surface area contributed by atoms with Gasteiger partial charge in [-0.15, -0.1) is 0 Å². The molecule has 2 N–H and O–H groups in total. The smallest absolute Gasteiger partial charge is 0.416 e. The first-order valence-corrected chi connectivity index (χ1v) is 5.65. The van der Waals surface area contributed by atoms with E-state index in [9.17, 15) is 13.2 Å². The number of alkyl halides is 3. The number of hydrogen-bond donors (Lipinski definition) is 1. The second kappa shape index (κ2) is 4.97. The molecule has 1 aromatic carbocycles. The van der Waals surface area contributed by atoms with E-state index in [1.807, 2.05) is 0 Å². The minimum Gasteiger partial charge on any atom is -0.495 e. The predicted octanol–water partition coefficient (Wildman–Crippen LogP) is 3.65. The molecule has 0 heterocycles. The van der Waals surface area contributed by atoms with E-state index in [-0.39, 0.29) is 22.8 Å². The van der Waals surface area contributed by atoms with Crippen molar-refractivity contribution >= 4 is 11.6 Å². The van der Waals surface area contributed by atoms with Crippen molar-refractivity contribution in [3.63, 3.8) is 0 Å². The van der Waals surface area contributed by atoms with Gasteiger partial charge in [-0.05, 0) is 38.0 Å². The first-order chi connectivity index (χ1) is 8.04. The molecule has 0 aliphatic rings. The second-order valence-corrected chi connectivity index (χ2v) is 5.21. The molecule has 0 saturated carbocycles. The lowest BCUT2D eigenvalue weighted by Gasteiger charge is -2.22. The van der Waals surface area contributed by atoms with Crippen molar-refractivity contribution in [3.05, 3.63) is 28.3 Å². The predicted molar refractivity (Wildman–Crippen MR) is 65.0 cm³/mol. The van der Waals surface area contributed by atoms with Crippen LogP contribution in [0.15, 0.2) is 12.1 Å². The molecule has 0 unspecified atom stereocenters. The minimum atomic E-state index is -4.46. The topological polar surface area (TPSA) is 35.2 Å². The highest BCUT2D eigenvalue weighted by Crippen LogP contribution is 2.38. The monoisotopic (exact) mass is 281 g/mol.